The van der Waals surface area contributed by atoms with Gasteiger partial charge < -0.3 is 0 Å². The molecule has 0 aromatic heterocycles. The monoisotopic (exact) mass is 373 g/mol. The molecule has 0 spiro atoms. The van der Waals surface area contributed by atoms with Crippen LogP contribution >= 0.6 is 11.8 Å². The van der Waals surface area contributed by atoms with Crippen molar-refractivity contribution in [2.75, 3.05) is 19.6 Å². The lowest BCUT2D eigenvalue weighted by Crippen LogP contribution is -2.30. The minimum absolute atomic E-state index is 0.173. The number of thioether (sulfide) groups is 1. The molecule has 2 aromatic carbocycles. The van der Waals surface area contributed by atoms with Crippen molar-refractivity contribution >= 4 is 17.5 Å². The first-order valence-electron chi connectivity index (χ1n) is 8.69. The van der Waals surface area contributed by atoms with Gasteiger partial charge in [0, 0.05) is 37.4 Å². The van der Waals surface area contributed by atoms with E-state index in [2.05, 4.69) is 11.0 Å². The third-order valence-corrected chi connectivity index (χ3v) is 5.48. The second-order valence-electron chi connectivity index (χ2n) is 6.37. The zero-order chi connectivity index (χ0) is 18.4. The third kappa shape index (κ3) is 5.78. The van der Waals surface area contributed by atoms with Crippen molar-refractivity contribution in [2.45, 2.75) is 24.2 Å². The second-order valence-corrected chi connectivity index (χ2v) is 7.57. The number of Topliss-reactive ketones (excluding diaryl/α,β-unsaturated/α-hetero) is 1. The minimum Gasteiger partial charge on any atom is -0.299 e. The van der Waals surface area contributed by atoms with E-state index < -0.39 is 0 Å². The van der Waals surface area contributed by atoms with E-state index in [1.165, 1.54) is 29.2 Å². The number of halogens is 2. The summed E-state index contributed by atoms with van der Waals surface area (Å²) in [7, 11) is 0. The molecule has 0 N–H and O–H groups in total. The molecule has 1 aliphatic heterocycles. The quantitative estimate of drug-likeness (QED) is 0.692. The van der Waals surface area contributed by atoms with Gasteiger partial charge in [0.2, 0.25) is 0 Å². The number of carbonyl (C=O) groups excluding carboxylic acids is 1. The van der Waals surface area contributed by atoms with E-state index in [-0.39, 0.29) is 17.4 Å². The number of hydrogen-bond acceptors (Lipinski definition) is 3. The topological polar surface area (TPSA) is 20.3 Å². The van der Waals surface area contributed by atoms with Crippen molar-refractivity contribution in [1.29, 1.82) is 0 Å². The molecule has 0 aliphatic carbocycles. The molecule has 0 amide bonds. The number of nitrogens with zero attached hydrogens (tertiary/aromatic N) is 1. The summed E-state index contributed by atoms with van der Waals surface area (Å²) in [4.78, 5) is 16.7. The Morgan fingerprint density at radius 1 is 1.00 bits per heavy atom. The average Bonchev–Trinajstić information content (AvgIpc) is 2.65. The summed E-state index contributed by atoms with van der Waals surface area (Å²) in [6.07, 6.45) is 3.98. The number of benzene rings is 2. The fourth-order valence-corrected chi connectivity index (χ4v) is 3.77. The molecule has 0 saturated carbocycles. The largest absolute Gasteiger partial charge is 0.299 e. The summed E-state index contributed by atoms with van der Waals surface area (Å²) in [5.41, 5.74) is 0.855. The molecule has 26 heavy (non-hydrogen) atoms. The molecule has 0 fully saturated rings. The van der Waals surface area contributed by atoms with Crippen LogP contribution in [0.25, 0.3) is 0 Å². The lowest BCUT2D eigenvalue weighted by molar-refractivity contribution is -0.118. The molecular weight excluding hydrogens is 352 g/mol. The second kappa shape index (κ2) is 9.10. The molecule has 3 rings (SSSR count). The van der Waals surface area contributed by atoms with E-state index in [9.17, 15) is 13.6 Å². The summed E-state index contributed by atoms with van der Waals surface area (Å²) in [6, 6.07) is 12.6. The zero-order valence-electron chi connectivity index (χ0n) is 14.5. The number of rotatable bonds is 7. The Morgan fingerprint density at radius 3 is 2.27 bits per heavy atom. The Kier molecular flexibility index (Phi) is 6.58. The Morgan fingerprint density at radius 2 is 1.65 bits per heavy atom. The van der Waals surface area contributed by atoms with Gasteiger partial charge in [-0.25, -0.2) is 8.78 Å². The molecule has 0 unspecified atom stereocenters. The summed E-state index contributed by atoms with van der Waals surface area (Å²) in [6.45, 7) is 2.49. The lowest BCUT2D eigenvalue weighted by Gasteiger charge is -2.25. The van der Waals surface area contributed by atoms with E-state index >= 15 is 0 Å². The van der Waals surface area contributed by atoms with Crippen LogP contribution in [0, 0.1) is 11.6 Å². The van der Waals surface area contributed by atoms with Crippen LogP contribution in [0.15, 0.2) is 64.4 Å². The third-order valence-electron chi connectivity index (χ3n) is 4.34. The number of carbonyl (C=O) groups is 1. The van der Waals surface area contributed by atoms with Gasteiger partial charge in [-0.15, -0.1) is 0 Å². The van der Waals surface area contributed by atoms with E-state index in [1.807, 2.05) is 0 Å². The van der Waals surface area contributed by atoms with Crippen LogP contribution in [0.2, 0.25) is 0 Å². The van der Waals surface area contributed by atoms with Gasteiger partial charge in [0.1, 0.15) is 17.4 Å². The van der Waals surface area contributed by atoms with E-state index in [1.54, 1.807) is 36.0 Å². The maximum atomic E-state index is 12.9. The molecule has 2 aromatic rings. The van der Waals surface area contributed by atoms with Crippen LogP contribution in [0.3, 0.4) is 0 Å². The van der Waals surface area contributed by atoms with Gasteiger partial charge in [0.25, 0.3) is 0 Å². The number of hydrogen-bond donors (Lipinski definition) is 0. The molecule has 0 saturated heterocycles. The van der Waals surface area contributed by atoms with Crippen molar-refractivity contribution in [3.63, 3.8) is 0 Å². The van der Waals surface area contributed by atoms with Crippen LogP contribution in [0.5, 0.6) is 0 Å². The van der Waals surface area contributed by atoms with Gasteiger partial charge in [-0.2, -0.15) is 0 Å². The normalized spacial score (nSPS) is 14.9. The summed E-state index contributed by atoms with van der Waals surface area (Å²) in [5.74, 6) is -0.328. The predicted molar refractivity (Wildman–Crippen MR) is 101 cm³/mol. The average molecular weight is 373 g/mol. The highest BCUT2D eigenvalue weighted by Gasteiger charge is 2.14. The van der Waals surface area contributed by atoms with Gasteiger partial charge in [0.05, 0.1) is 0 Å². The first-order chi connectivity index (χ1) is 12.6. The van der Waals surface area contributed by atoms with E-state index in [0.29, 0.717) is 12.8 Å². The standard InChI is InChI=1S/C21H21F2NOS/c22-17-3-1-16(2-4-17)15-19(25)9-12-24-13-10-21(11-14-24)26-20-7-5-18(23)6-8-20/h1-8,10H,9,11-15H2. The zero-order valence-corrected chi connectivity index (χ0v) is 15.3. The molecule has 2 nitrogen and oxygen atoms in total. The highest BCUT2D eigenvalue weighted by Crippen LogP contribution is 2.30. The SMILES string of the molecule is O=C(CCN1CC=C(Sc2ccc(F)cc2)CC1)Cc1ccc(F)cc1. The van der Waals surface area contributed by atoms with Crippen molar-refractivity contribution in [2.24, 2.45) is 0 Å². The van der Waals surface area contributed by atoms with Crippen molar-refractivity contribution in [3.05, 3.63) is 76.7 Å². The molecule has 136 valence electrons. The van der Waals surface area contributed by atoms with E-state index in [4.69, 9.17) is 0 Å². The molecular formula is C21H21F2NOS. The van der Waals surface area contributed by atoms with Crippen LogP contribution in [0.4, 0.5) is 8.78 Å². The van der Waals surface area contributed by atoms with Gasteiger partial charge in [-0.1, -0.05) is 30.0 Å². The summed E-state index contributed by atoms with van der Waals surface area (Å²) < 4.78 is 25.8. The van der Waals surface area contributed by atoms with Crippen molar-refractivity contribution < 1.29 is 13.6 Å². The van der Waals surface area contributed by atoms with Crippen molar-refractivity contribution in [1.82, 2.24) is 4.90 Å². The maximum absolute atomic E-state index is 12.9. The number of ketones is 1. The first-order valence-corrected chi connectivity index (χ1v) is 9.51. The fourth-order valence-electron chi connectivity index (χ4n) is 2.84. The summed E-state index contributed by atoms with van der Waals surface area (Å²) >= 11 is 1.67. The highest BCUT2D eigenvalue weighted by atomic mass is 32.2. The Labute approximate surface area is 156 Å². The van der Waals surface area contributed by atoms with Crippen LogP contribution < -0.4 is 0 Å². The van der Waals surface area contributed by atoms with Crippen LogP contribution in [-0.4, -0.2) is 30.3 Å². The van der Waals surface area contributed by atoms with Crippen LogP contribution in [-0.2, 0) is 11.2 Å². The molecule has 0 radical (unpaired) electrons. The lowest BCUT2D eigenvalue weighted by atomic mass is 10.1. The van der Waals surface area contributed by atoms with Gasteiger partial charge in [-0.05, 0) is 53.3 Å². The Balaban J connectivity index is 1.41. The molecule has 0 atom stereocenters. The molecule has 1 aliphatic rings. The predicted octanol–water partition coefficient (Wildman–Crippen LogP) is 4.85. The fraction of sp³-hybridized carbons (Fsp3) is 0.286. The van der Waals surface area contributed by atoms with E-state index in [0.717, 1.165) is 36.5 Å². The van der Waals surface area contributed by atoms with Gasteiger partial charge in [0.15, 0.2) is 0 Å². The van der Waals surface area contributed by atoms with Gasteiger partial charge in [-0.3, -0.25) is 9.69 Å². The molecule has 5 heteroatoms. The molecule has 1 heterocycles. The Hall–Kier alpha value is -1.98. The maximum Gasteiger partial charge on any atom is 0.138 e. The minimum atomic E-state index is -0.282. The summed E-state index contributed by atoms with van der Waals surface area (Å²) in [5, 5.41) is 0. The molecule has 0 bridgehead atoms. The Bertz CT molecular complexity index is 772. The smallest absolute Gasteiger partial charge is 0.138 e. The van der Waals surface area contributed by atoms with Crippen molar-refractivity contribution in [3.8, 4) is 0 Å². The van der Waals surface area contributed by atoms with Gasteiger partial charge >= 0.3 is 0 Å². The van der Waals surface area contributed by atoms with Crippen LogP contribution in [0.1, 0.15) is 18.4 Å². The first kappa shape index (κ1) is 18.8. The highest BCUT2D eigenvalue weighted by molar-refractivity contribution is 8.03.